The number of nitrogens with two attached hydrogens (primary N) is 1. The lowest BCUT2D eigenvalue weighted by molar-refractivity contribution is -0.154. The van der Waals surface area contributed by atoms with Crippen molar-refractivity contribution in [1.29, 1.82) is 0 Å². The van der Waals surface area contributed by atoms with Gasteiger partial charge in [0.2, 0.25) is 0 Å². The minimum absolute atomic E-state index is 0.0877. The van der Waals surface area contributed by atoms with Gasteiger partial charge in [-0.1, -0.05) is 202 Å². The monoisotopic (exact) mass is 888 g/mol. The van der Waals surface area contributed by atoms with Gasteiger partial charge in [0.05, 0.1) is 19.8 Å². The largest absolute Gasteiger partial charge is 0.472 e. The van der Waals surface area contributed by atoms with Gasteiger partial charge < -0.3 is 20.1 Å². The van der Waals surface area contributed by atoms with Crippen molar-refractivity contribution >= 4 is 13.8 Å². The number of phosphoric ester groups is 1. The van der Waals surface area contributed by atoms with Gasteiger partial charge in [0.25, 0.3) is 0 Å². The smallest absolute Gasteiger partial charge is 0.457 e. The van der Waals surface area contributed by atoms with Gasteiger partial charge in [0, 0.05) is 19.6 Å². The quantitative estimate of drug-likeness (QED) is 0.0269. The zero-order valence-electron chi connectivity index (χ0n) is 39.8. The van der Waals surface area contributed by atoms with Crippen LogP contribution in [0.2, 0.25) is 0 Å². The first-order valence-electron chi connectivity index (χ1n) is 25.1. The van der Waals surface area contributed by atoms with Gasteiger partial charge in [-0.25, -0.2) is 4.57 Å². The molecule has 0 aromatic carbocycles. The first kappa shape index (κ1) is 59.7. The summed E-state index contributed by atoms with van der Waals surface area (Å²) >= 11 is 0. The SMILES string of the molecule is CC/C=C\C/C=C\C/C=C\C/C=C\C/C=C\CCCC(=O)OC(COCCCCCCCCCCCCCCCC/C=C\C/C=C\CCCCCCC)COP(=O)(O)OCCN. The van der Waals surface area contributed by atoms with Crippen molar-refractivity contribution < 1.29 is 32.8 Å². The van der Waals surface area contributed by atoms with Gasteiger partial charge in [-0.05, 0) is 83.5 Å². The molecule has 8 nitrogen and oxygen atoms in total. The van der Waals surface area contributed by atoms with Crippen LogP contribution < -0.4 is 5.73 Å². The van der Waals surface area contributed by atoms with E-state index in [9.17, 15) is 14.3 Å². The van der Waals surface area contributed by atoms with Crippen LogP contribution in [0.15, 0.2) is 85.1 Å². The minimum Gasteiger partial charge on any atom is -0.457 e. The second kappa shape index (κ2) is 49.7. The molecule has 0 aromatic rings. The summed E-state index contributed by atoms with van der Waals surface area (Å²) in [5, 5.41) is 0. The molecule has 0 radical (unpaired) electrons. The zero-order valence-corrected chi connectivity index (χ0v) is 40.7. The van der Waals surface area contributed by atoms with Crippen molar-refractivity contribution in [2.45, 2.75) is 213 Å². The molecule has 2 unspecified atom stereocenters. The van der Waals surface area contributed by atoms with E-state index in [0.717, 1.165) is 57.8 Å². The van der Waals surface area contributed by atoms with E-state index < -0.39 is 13.9 Å². The highest BCUT2D eigenvalue weighted by atomic mass is 31.2. The third-order valence-electron chi connectivity index (χ3n) is 10.3. The summed E-state index contributed by atoms with van der Waals surface area (Å²) in [5.41, 5.74) is 5.38. The third-order valence-corrected chi connectivity index (χ3v) is 11.3. The van der Waals surface area contributed by atoms with Gasteiger partial charge >= 0.3 is 13.8 Å². The second-order valence-corrected chi connectivity index (χ2v) is 17.7. The summed E-state index contributed by atoms with van der Waals surface area (Å²) in [5.74, 6) is -0.387. The van der Waals surface area contributed by atoms with E-state index in [0.29, 0.717) is 13.0 Å². The van der Waals surface area contributed by atoms with Gasteiger partial charge in [-0.15, -0.1) is 0 Å². The van der Waals surface area contributed by atoms with E-state index in [1.807, 2.05) is 0 Å². The van der Waals surface area contributed by atoms with Crippen molar-refractivity contribution in [3.8, 4) is 0 Å². The van der Waals surface area contributed by atoms with Gasteiger partial charge in [0.15, 0.2) is 0 Å². The Morgan fingerprint density at radius 2 is 0.903 bits per heavy atom. The summed E-state index contributed by atoms with van der Waals surface area (Å²) in [7, 11) is -4.30. The lowest BCUT2D eigenvalue weighted by Crippen LogP contribution is -2.28. The first-order chi connectivity index (χ1) is 30.4. The molecule has 0 aliphatic rings. The number of carbonyl (C=O) groups excluding carboxylic acids is 1. The maximum Gasteiger partial charge on any atom is 0.472 e. The number of hydrogen-bond acceptors (Lipinski definition) is 7. The van der Waals surface area contributed by atoms with E-state index >= 15 is 0 Å². The molecule has 0 bridgehead atoms. The molecular formula is C53H94NO7P. The Balaban J connectivity index is 3.99. The topological polar surface area (TPSA) is 117 Å². The summed E-state index contributed by atoms with van der Waals surface area (Å²) in [6, 6.07) is 0. The van der Waals surface area contributed by atoms with Gasteiger partial charge in [0.1, 0.15) is 6.10 Å². The number of unbranched alkanes of at least 4 members (excludes halogenated alkanes) is 20. The van der Waals surface area contributed by atoms with Crippen molar-refractivity contribution in [2.24, 2.45) is 5.73 Å². The highest BCUT2D eigenvalue weighted by Crippen LogP contribution is 2.43. The number of hydrogen-bond donors (Lipinski definition) is 2. The number of allylic oxidation sites excluding steroid dienone is 14. The lowest BCUT2D eigenvalue weighted by atomic mass is 10.0. The van der Waals surface area contributed by atoms with Crippen LogP contribution in [0, 0.1) is 0 Å². The van der Waals surface area contributed by atoms with Crippen molar-refractivity contribution in [1.82, 2.24) is 0 Å². The Morgan fingerprint density at radius 1 is 0.500 bits per heavy atom. The number of ether oxygens (including phenoxy) is 2. The molecule has 62 heavy (non-hydrogen) atoms. The Kier molecular flexibility index (Phi) is 47.8. The van der Waals surface area contributed by atoms with Gasteiger partial charge in [-0.2, -0.15) is 0 Å². The van der Waals surface area contributed by atoms with E-state index in [1.54, 1.807) is 0 Å². The molecule has 0 heterocycles. The van der Waals surface area contributed by atoms with Crippen molar-refractivity contribution in [3.63, 3.8) is 0 Å². The number of carbonyl (C=O) groups is 1. The number of rotatable bonds is 47. The first-order valence-corrected chi connectivity index (χ1v) is 26.6. The molecule has 358 valence electrons. The third kappa shape index (κ3) is 48.7. The predicted octanol–water partition coefficient (Wildman–Crippen LogP) is 15.6. The van der Waals surface area contributed by atoms with Crippen LogP contribution in [0.3, 0.4) is 0 Å². The minimum atomic E-state index is -4.30. The molecule has 0 spiro atoms. The summed E-state index contributed by atoms with van der Waals surface area (Å²) in [6.45, 7) is 4.72. The molecular weight excluding hydrogens is 794 g/mol. The fraction of sp³-hybridized carbons (Fsp3) is 0.717. The zero-order chi connectivity index (χ0) is 45.1. The molecule has 0 aliphatic carbocycles. The average molecular weight is 888 g/mol. The molecule has 0 saturated heterocycles. The molecule has 0 amide bonds. The molecule has 3 N–H and O–H groups in total. The molecule has 0 fully saturated rings. The number of esters is 1. The van der Waals surface area contributed by atoms with E-state index in [-0.39, 0.29) is 38.8 Å². The standard InChI is InChI=1S/C53H94NO7P/c1-3-5-7-9-11-13-15-17-19-21-22-23-24-25-26-27-28-29-31-33-35-37-39-41-43-45-48-58-50-52(51-60-62(56,57)59-49-47-54)61-53(55)46-44-42-40-38-36-34-32-30-20-18-16-14-12-10-8-6-4-2/h6,8,12,14-15,17-18,20-22,32,34,38,40,52H,3-5,7,9-11,13,16,19,23-31,33,35-37,39,41-51,54H2,1-2H3,(H,56,57)/b8-6-,14-12-,17-15-,20-18-,22-21-,34-32-,40-38-. The molecule has 0 rings (SSSR count). The Hall–Kier alpha value is -2.32. The van der Waals surface area contributed by atoms with Crippen molar-refractivity contribution in [2.75, 3.05) is 33.0 Å². The molecule has 0 saturated carbocycles. The molecule has 2 atom stereocenters. The Bertz CT molecular complexity index is 1220. The highest BCUT2D eigenvalue weighted by molar-refractivity contribution is 7.47. The lowest BCUT2D eigenvalue weighted by Gasteiger charge is -2.20. The average Bonchev–Trinajstić information content (AvgIpc) is 3.26. The maximum absolute atomic E-state index is 12.6. The van der Waals surface area contributed by atoms with Crippen molar-refractivity contribution in [3.05, 3.63) is 85.1 Å². The maximum atomic E-state index is 12.6. The summed E-state index contributed by atoms with van der Waals surface area (Å²) in [6.07, 6.45) is 64.9. The van der Waals surface area contributed by atoms with Crippen LogP contribution in [-0.2, 0) is 27.9 Å². The van der Waals surface area contributed by atoms with E-state index in [2.05, 4.69) is 98.9 Å². The van der Waals surface area contributed by atoms with Gasteiger partial charge in [-0.3, -0.25) is 13.8 Å². The molecule has 9 heteroatoms. The Morgan fingerprint density at radius 3 is 1.35 bits per heavy atom. The van der Waals surface area contributed by atoms with Crippen LogP contribution >= 0.6 is 7.82 Å². The fourth-order valence-electron chi connectivity index (χ4n) is 6.65. The van der Waals surface area contributed by atoms with E-state index in [1.165, 1.54) is 122 Å². The molecule has 0 aliphatic heterocycles. The van der Waals surface area contributed by atoms with E-state index in [4.69, 9.17) is 24.3 Å². The fourth-order valence-corrected chi connectivity index (χ4v) is 7.42. The van der Waals surface area contributed by atoms with Crippen LogP contribution in [0.25, 0.3) is 0 Å². The highest BCUT2D eigenvalue weighted by Gasteiger charge is 2.25. The summed E-state index contributed by atoms with van der Waals surface area (Å²) < 4.78 is 33.5. The van der Waals surface area contributed by atoms with Crippen LogP contribution in [0.1, 0.15) is 206 Å². The molecule has 0 aromatic heterocycles. The normalized spacial score (nSPS) is 14.1. The Labute approximate surface area is 381 Å². The second-order valence-electron chi connectivity index (χ2n) is 16.3. The predicted molar refractivity (Wildman–Crippen MR) is 265 cm³/mol. The van der Waals surface area contributed by atoms with Crippen LogP contribution in [0.5, 0.6) is 0 Å². The van der Waals surface area contributed by atoms with Crippen LogP contribution in [-0.4, -0.2) is 49.9 Å². The number of phosphoric acid groups is 1. The van der Waals surface area contributed by atoms with Crippen LogP contribution in [0.4, 0.5) is 0 Å². The summed E-state index contributed by atoms with van der Waals surface area (Å²) in [4.78, 5) is 22.5.